The fourth-order valence-electron chi connectivity index (χ4n) is 1.33. The molecular weight excluding hydrogens is 194 g/mol. The molecule has 0 aliphatic carbocycles. The van der Waals surface area contributed by atoms with E-state index in [1.807, 2.05) is 24.3 Å². The lowest BCUT2D eigenvalue weighted by Gasteiger charge is -2.04. The first-order valence-corrected chi connectivity index (χ1v) is 4.67. The summed E-state index contributed by atoms with van der Waals surface area (Å²) in [5, 5.41) is 17.6. The van der Waals surface area contributed by atoms with Crippen LogP contribution >= 0.6 is 0 Å². The quantitative estimate of drug-likeness (QED) is 0.570. The number of carboxylic acids is 1. The molecule has 0 aliphatic heterocycles. The van der Waals surface area contributed by atoms with Crippen molar-refractivity contribution in [2.75, 3.05) is 0 Å². The Morgan fingerprint density at radius 2 is 2.13 bits per heavy atom. The molecule has 4 heteroatoms. The molecular formula is C11H14NO3+. The summed E-state index contributed by atoms with van der Waals surface area (Å²) in [4.78, 5) is 13.2. The second-order valence-electron chi connectivity index (χ2n) is 3.23. The smallest absolute Gasteiger partial charge is 0.332 e. The molecule has 0 spiro atoms. The molecule has 15 heavy (non-hydrogen) atoms. The molecule has 1 aromatic carbocycles. The van der Waals surface area contributed by atoms with E-state index in [-0.39, 0.29) is 6.42 Å². The maximum atomic E-state index is 10.4. The number of benzene rings is 1. The van der Waals surface area contributed by atoms with Gasteiger partial charge in [0.15, 0.2) is 6.10 Å². The molecule has 0 aromatic heterocycles. The Morgan fingerprint density at radius 1 is 1.47 bits per heavy atom. The number of aryl methyl sites for hydroxylation is 1. The van der Waals surface area contributed by atoms with Crippen molar-refractivity contribution in [2.24, 2.45) is 0 Å². The molecule has 1 atom stereocenters. The molecule has 0 bridgehead atoms. The van der Waals surface area contributed by atoms with Gasteiger partial charge in [0.05, 0.1) is 0 Å². The number of para-hydroxylation sites is 1. The molecule has 0 saturated carbocycles. The number of aliphatic hydroxyl groups excluding tert-OH is 1. The van der Waals surface area contributed by atoms with Gasteiger partial charge in [-0.15, -0.1) is 0 Å². The molecule has 0 amide bonds. The highest BCUT2D eigenvalue weighted by Gasteiger charge is 2.14. The number of hydrogen-bond acceptors (Lipinski definition) is 2. The Kier molecular flexibility index (Phi) is 4.00. The van der Waals surface area contributed by atoms with E-state index in [1.54, 1.807) is 0 Å². The predicted molar refractivity (Wildman–Crippen MR) is 56.1 cm³/mol. The van der Waals surface area contributed by atoms with Gasteiger partial charge in [0.25, 0.3) is 0 Å². The van der Waals surface area contributed by atoms with E-state index < -0.39 is 12.1 Å². The van der Waals surface area contributed by atoms with Crippen molar-refractivity contribution >= 4 is 18.4 Å². The van der Waals surface area contributed by atoms with Gasteiger partial charge < -0.3 is 10.2 Å². The van der Waals surface area contributed by atoms with Crippen LogP contribution in [0.2, 0.25) is 0 Å². The Morgan fingerprint density at radius 3 is 2.73 bits per heavy atom. The molecule has 1 rings (SSSR count). The van der Waals surface area contributed by atoms with Crippen molar-refractivity contribution in [1.29, 1.82) is 0 Å². The molecule has 3 N–H and O–H groups in total. The van der Waals surface area contributed by atoms with Crippen molar-refractivity contribution in [3.8, 4) is 0 Å². The molecule has 0 radical (unpaired) electrons. The van der Waals surface area contributed by atoms with Crippen LogP contribution in [-0.4, -0.2) is 29.0 Å². The first kappa shape index (κ1) is 11.4. The highest BCUT2D eigenvalue weighted by atomic mass is 16.4. The monoisotopic (exact) mass is 208 g/mol. The van der Waals surface area contributed by atoms with Gasteiger partial charge in [-0.2, -0.15) is 0 Å². The Bertz CT molecular complexity index is 363. The van der Waals surface area contributed by atoms with Crippen molar-refractivity contribution in [2.45, 2.75) is 18.9 Å². The van der Waals surface area contributed by atoms with Gasteiger partial charge in [-0.05, 0) is 12.8 Å². The van der Waals surface area contributed by atoms with Gasteiger partial charge in [0, 0.05) is 11.6 Å². The number of aliphatic hydroxyl groups is 1. The number of aliphatic carboxylic acids is 1. The molecule has 1 aromatic rings. The fourth-order valence-corrected chi connectivity index (χ4v) is 1.33. The summed E-state index contributed by atoms with van der Waals surface area (Å²) in [7, 11) is 0. The zero-order valence-electron chi connectivity index (χ0n) is 8.31. The van der Waals surface area contributed by atoms with E-state index in [2.05, 4.69) is 11.7 Å². The highest BCUT2D eigenvalue weighted by Crippen LogP contribution is 2.12. The summed E-state index contributed by atoms with van der Waals surface area (Å²) in [5.74, 6) is -1.19. The lowest BCUT2D eigenvalue weighted by molar-refractivity contribution is -0.342. The molecule has 4 nitrogen and oxygen atoms in total. The normalized spacial score (nSPS) is 12.1. The summed E-state index contributed by atoms with van der Waals surface area (Å²) in [6, 6.07) is 7.46. The summed E-state index contributed by atoms with van der Waals surface area (Å²) in [5.41, 5.74) is 1.81. The second-order valence-corrected chi connectivity index (χ2v) is 3.23. The van der Waals surface area contributed by atoms with E-state index in [0.29, 0.717) is 6.42 Å². The standard InChI is InChI=1S/C11H13NO3/c1-12-9-5-3-2-4-8(9)6-7-10(13)11(14)15/h2-5,10,13H,1,6-7H2,(H,14,15)/p+1. The number of carboxylic acid groups (broad SMARTS) is 1. The SMILES string of the molecule is C=[NH+]c1ccccc1CCC(O)C(=O)O. The molecule has 0 saturated heterocycles. The van der Waals surface area contributed by atoms with Crippen LogP contribution in [0.4, 0.5) is 5.69 Å². The van der Waals surface area contributed by atoms with E-state index in [4.69, 9.17) is 10.2 Å². The van der Waals surface area contributed by atoms with Gasteiger partial charge in [-0.25, -0.2) is 9.79 Å². The van der Waals surface area contributed by atoms with Crippen LogP contribution in [0.15, 0.2) is 24.3 Å². The number of carbonyl (C=O) groups is 1. The van der Waals surface area contributed by atoms with E-state index in [1.165, 1.54) is 0 Å². The van der Waals surface area contributed by atoms with Gasteiger partial charge >= 0.3 is 5.97 Å². The van der Waals surface area contributed by atoms with E-state index in [0.717, 1.165) is 11.3 Å². The average molecular weight is 208 g/mol. The van der Waals surface area contributed by atoms with Crippen LogP contribution in [0.1, 0.15) is 12.0 Å². The zero-order chi connectivity index (χ0) is 11.3. The van der Waals surface area contributed by atoms with Crippen LogP contribution in [-0.2, 0) is 11.2 Å². The topological polar surface area (TPSA) is 71.5 Å². The first-order chi connectivity index (χ1) is 7.15. The van der Waals surface area contributed by atoms with E-state index >= 15 is 0 Å². The third-order valence-corrected chi connectivity index (χ3v) is 2.18. The molecule has 0 heterocycles. The van der Waals surface area contributed by atoms with Crippen molar-refractivity contribution in [3.63, 3.8) is 0 Å². The van der Waals surface area contributed by atoms with Crippen LogP contribution in [0.5, 0.6) is 0 Å². The molecule has 80 valence electrons. The number of nitrogens with one attached hydrogen (secondary N) is 1. The predicted octanol–water partition coefficient (Wildman–Crippen LogP) is -0.523. The maximum Gasteiger partial charge on any atom is 0.332 e. The Labute approximate surface area is 87.9 Å². The first-order valence-electron chi connectivity index (χ1n) is 4.67. The zero-order valence-corrected chi connectivity index (χ0v) is 8.31. The van der Waals surface area contributed by atoms with Crippen molar-refractivity contribution in [3.05, 3.63) is 29.8 Å². The van der Waals surface area contributed by atoms with Gasteiger partial charge in [0.1, 0.15) is 6.72 Å². The lowest BCUT2D eigenvalue weighted by atomic mass is 10.1. The average Bonchev–Trinajstić information content (AvgIpc) is 2.26. The Balaban J connectivity index is 2.64. The summed E-state index contributed by atoms with van der Waals surface area (Å²) in [6.45, 7) is 3.55. The summed E-state index contributed by atoms with van der Waals surface area (Å²) in [6.07, 6.45) is -0.594. The maximum absolute atomic E-state index is 10.4. The number of rotatable bonds is 5. The van der Waals surface area contributed by atoms with Crippen LogP contribution in [0, 0.1) is 0 Å². The second kappa shape index (κ2) is 5.26. The summed E-state index contributed by atoms with van der Waals surface area (Å²) >= 11 is 0. The minimum absolute atomic E-state index is 0.202. The minimum Gasteiger partial charge on any atom is -0.479 e. The van der Waals surface area contributed by atoms with Crippen LogP contribution < -0.4 is 4.99 Å². The van der Waals surface area contributed by atoms with Crippen LogP contribution in [0.25, 0.3) is 0 Å². The van der Waals surface area contributed by atoms with Crippen molar-refractivity contribution in [1.82, 2.24) is 0 Å². The van der Waals surface area contributed by atoms with Crippen LogP contribution in [0.3, 0.4) is 0 Å². The highest BCUT2D eigenvalue weighted by molar-refractivity contribution is 5.71. The lowest BCUT2D eigenvalue weighted by Crippen LogP contribution is -2.58. The summed E-state index contributed by atoms with van der Waals surface area (Å²) < 4.78 is 0. The Hall–Kier alpha value is -1.68. The third-order valence-electron chi connectivity index (χ3n) is 2.18. The molecule has 0 fully saturated rings. The largest absolute Gasteiger partial charge is 0.479 e. The van der Waals surface area contributed by atoms with Crippen molar-refractivity contribution < 1.29 is 20.0 Å². The third kappa shape index (κ3) is 3.18. The van der Waals surface area contributed by atoms with Gasteiger partial charge in [0.2, 0.25) is 5.69 Å². The van der Waals surface area contributed by atoms with E-state index in [9.17, 15) is 4.79 Å². The van der Waals surface area contributed by atoms with Gasteiger partial charge in [-0.3, -0.25) is 0 Å². The fraction of sp³-hybridized carbons (Fsp3) is 0.273. The minimum atomic E-state index is -1.30. The molecule has 1 unspecified atom stereocenters. The number of hydrogen-bond donors (Lipinski definition) is 3. The molecule has 0 aliphatic rings. The van der Waals surface area contributed by atoms with Gasteiger partial charge in [-0.1, -0.05) is 18.2 Å².